The van der Waals surface area contributed by atoms with E-state index >= 15 is 0 Å². The molecule has 1 atom stereocenters. The minimum absolute atomic E-state index is 0.0457. The van der Waals surface area contributed by atoms with Gasteiger partial charge < -0.3 is 20.5 Å². The molecule has 2 rings (SSSR count). The van der Waals surface area contributed by atoms with Crippen LogP contribution in [0.4, 0.5) is 9.18 Å². The summed E-state index contributed by atoms with van der Waals surface area (Å²) in [7, 11) is 0. The summed E-state index contributed by atoms with van der Waals surface area (Å²) in [5.41, 5.74) is 0.161. The SMILES string of the molecule is CC1(C)CC(NC(=O)NCCC(=O)O)c2ccc(F)cc2O1. The summed E-state index contributed by atoms with van der Waals surface area (Å²) in [5.74, 6) is -0.971. The van der Waals surface area contributed by atoms with Crippen LogP contribution >= 0.6 is 0 Å². The van der Waals surface area contributed by atoms with Gasteiger partial charge in [0.15, 0.2) is 0 Å². The average Bonchev–Trinajstić information content (AvgIpc) is 2.35. The number of ether oxygens (including phenoxy) is 1. The molecule has 1 heterocycles. The molecule has 1 unspecified atom stereocenters. The van der Waals surface area contributed by atoms with Crippen LogP contribution in [-0.2, 0) is 4.79 Å². The number of halogens is 1. The van der Waals surface area contributed by atoms with Gasteiger partial charge in [0.25, 0.3) is 0 Å². The lowest BCUT2D eigenvalue weighted by Gasteiger charge is -2.37. The van der Waals surface area contributed by atoms with Crippen LogP contribution in [0.5, 0.6) is 5.75 Å². The van der Waals surface area contributed by atoms with E-state index in [4.69, 9.17) is 9.84 Å². The number of carbonyl (C=O) groups is 2. The van der Waals surface area contributed by atoms with E-state index in [9.17, 15) is 14.0 Å². The third-order valence-electron chi connectivity index (χ3n) is 3.36. The molecule has 0 bridgehead atoms. The second kappa shape index (κ2) is 6.21. The molecule has 1 aliphatic rings. The molecule has 0 saturated heterocycles. The molecule has 0 spiro atoms. The number of carbonyl (C=O) groups excluding carboxylic acids is 1. The quantitative estimate of drug-likeness (QED) is 0.795. The number of carboxylic acid groups (broad SMARTS) is 1. The summed E-state index contributed by atoms with van der Waals surface area (Å²) < 4.78 is 19.1. The van der Waals surface area contributed by atoms with Gasteiger partial charge in [-0.3, -0.25) is 4.79 Å². The highest BCUT2D eigenvalue weighted by atomic mass is 19.1. The van der Waals surface area contributed by atoms with Crippen molar-refractivity contribution in [3.8, 4) is 5.75 Å². The first-order valence-electron chi connectivity index (χ1n) is 7.01. The topological polar surface area (TPSA) is 87.7 Å². The smallest absolute Gasteiger partial charge is 0.315 e. The molecule has 6 nitrogen and oxygen atoms in total. The van der Waals surface area contributed by atoms with E-state index in [0.717, 1.165) is 0 Å². The standard InChI is InChI=1S/C15H19FN2O4/c1-15(2)8-11(18-14(21)17-6-5-13(19)20)10-4-3-9(16)7-12(10)22-15/h3-4,7,11H,5-6,8H2,1-2H3,(H,19,20)(H2,17,18,21). The summed E-state index contributed by atoms with van der Waals surface area (Å²) in [6.45, 7) is 3.76. The average molecular weight is 310 g/mol. The van der Waals surface area contributed by atoms with E-state index in [1.165, 1.54) is 12.1 Å². The van der Waals surface area contributed by atoms with E-state index in [0.29, 0.717) is 17.7 Å². The number of nitrogens with one attached hydrogen (secondary N) is 2. The molecule has 1 aromatic carbocycles. The summed E-state index contributed by atoms with van der Waals surface area (Å²) >= 11 is 0. The fourth-order valence-corrected chi connectivity index (χ4v) is 2.45. The minimum atomic E-state index is -0.978. The molecule has 7 heteroatoms. The summed E-state index contributed by atoms with van der Waals surface area (Å²) in [4.78, 5) is 22.3. The van der Waals surface area contributed by atoms with Crippen LogP contribution in [-0.4, -0.2) is 29.3 Å². The molecular weight excluding hydrogens is 291 g/mol. The van der Waals surface area contributed by atoms with E-state index in [1.807, 2.05) is 13.8 Å². The Balaban J connectivity index is 2.07. The first-order valence-corrected chi connectivity index (χ1v) is 7.01. The second-order valence-corrected chi connectivity index (χ2v) is 5.84. The van der Waals surface area contributed by atoms with Crippen molar-refractivity contribution in [2.24, 2.45) is 0 Å². The molecule has 3 N–H and O–H groups in total. The van der Waals surface area contributed by atoms with Crippen molar-refractivity contribution in [2.45, 2.75) is 38.3 Å². The van der Waals surface area contributed by atoms with Crippen molar-refractivity contribution in [1.82, 2.24) is 10.6 Å². The molecule has 0 saturated carbocycles. The van der Waals surface area contributed by atoms with Gasteiger partial charge in [0.2, 0.25) is 0 Å². The van der Waals surface area contributed by atoms with Gasteiger partial charge in [0.1, 0.15) is 17.2 Å². The zero-order valence-electron chi connectivity index (χ0n) is 12.5. The molecule has 120 valence electrons. The van der Waals surface area contributed by atoms with Gasteiger partial charge in [0.05, 0.1) is 12.5 Å². The number of carboxylic acids is 1. The first kappa shape index (κ1) is 16.1. The number of urea groups is 1. The molecule has 0 aromatic heterocycles. The van der Waals surface area contributed by atoms with Crippen LogP contribution in [0.3, 0.4) is 0 Å². The zero-order chi connectivity index (χ0) is 16.3. The lowest BCUT2D eigenvalue weighted by atomic mass is 9.90. The molecule has 0 fully saturated rings. The van der Waals surface area contributed by atoms with Gasteiger partial charge in [-0.15, -0.1) is 0 Å². The van der Waals surface area contributed by atoms with Crippen molar-refractivity contribution >= 4 is 12.0 Å². The highest BCUT2D eigenvalue weighted by molar-refractivity contribution is 5.75. The number of benzene rings is 1. The van der Waals surface area contributed by atoms with E-state index < -0.39 is 23.4 Å². The highest BCUT2D eigenvalue weighted by Crippen LogP contribution is 2.39. The minimum Gasteiger partial charge on any atom is -0.487 e. The Kier molecular flexibility index (Phi) is 4.54. The number of amides is 2. The molecule has 22 heavy (non-hydrogen) atoms. The zero-order valence-corrected chi connectivity index (χ0v) is 12.5. The van der Waals surface area contributed by atoms with Crippen molar-refractivity contribution in [3.63, 3.8) is 0 Å². The largest absolute Gasteiger partial charge is 0.487 e. The Morgan fingerprint density at radius 2 is 2.18 bits per heavy atom. The molecule has 0 radical (unpaired) electrons. The Bertz CT molecular complexity index is 589. The van der Waals surface area contributed by atoms with E-state index in [1.54, 1.807) is 6.07 Å². The van der Waals surface area contributed by atoms with Crippen molar-refractivity contribution in [1.29, 1.82) is 0 Å². The summed E-state index contributed by atoms with van der Waals surface area (Å²) in [6, 6.07) is 3.41. The fourth-order valence-electron chi connectivity index (χ4n) is 2.45. The fraction of sp³-hybridized carbons (Fsp3) is 0.467. The van der Waals surface area contributed by atoms with Crippen LogP contribution in [0, 0.1) is 5.82 Å². The van der Waals surface area contributed by atoms with E-state index in [-0.39, 0.29) is 19.0 Å². The van der Waals surface area contributed by atoms with Crippen LogP contribution in [0.2, 0.25) is 0 Å². The van der Waals surface area contributed by atoms with E-state index in [2.05, 4.69) is 10.6 Å². The molecule has 2 amide bonds. The maximum absolute atomic E-state index is 13.3. The molecular formula is C15H19FN2O4. The Morgan fingerprint density at radius 1 is 1.45 bits per heavy atom. The van der Waals surface area contributed by atoms with Gasteiger partial charge in [-0.1, -0.05) is 6.07 Å². The third kappa shape index (κ3) is 4.09. The van der Waals surface area contributed by atoms with Crippen molar-refractivity contribution in [3.05, 3.63) is 29.6 Å². The van der Waals surface area contributed by atoms with Crippen LogP contribution < -0.4 is 15.4 Å². The van der Waals surface area contributed by atoms with Crippen LogP contribution in [0.1, 0.15) is 38.3 Å². The molecule has 1 aliphatic heterocycles. The van der Waals surface area contributed by atoms with Gasteiger partial charge in [-0.25, -0.2) is 9.18 Å². The highest BCUT2D eigenvalue weighted by Gasteiger charge is 2.34. The van der Waals surface area contributed by atoms with Gasteiger partial charge in [-0.2, -0.15) is 0 Å². The predicted molar refractivity (Wildman–Crippen MR) is 77.3 cm³/mol. The number of aliphatic carboxylic acids is 1. The lowest BCUT2D eigenvalue weighted by molar-refractivity contribution is -0.136. The monoisotopic (exact) mass is 310 g/mol. The van der Waals surface area contributed by atoms with Crippen molar-refractivity contribution in [2.75, 3.05) is 6.54 Å². The maximum atomic E-state index is 13.3. The summed E-state index contributed by atoms with van der Waals surface area (Å²) in [5, 5.41) is 13.8. The Hall–Kier alpha value is -2.31. The third-order valence-corrected chi connectivity index (χ3v) is 3.36. The number of rotatable bonds is 4. The Morgan fingerprint density at radius 3 is 2.86 bits per heavy atom. The first-order chi connectivity index (χ1) is 10.3. The van der Waals surface area contributed by atoms with Crippen LogP contribution in [0.15, 0.2) is 18.2 Å². The van der Waals surface area contributed by atoms with Gasteiger partial charge in [0, 0.05) is 24.6 Å². The Labute approximate surface area is 127 Å². The van der Waals surface area contributed by atoms with Gasteiger partial charge in [-0.05, 0) is 19.9 Å². The maximum Gasteiger partial charge on any atom is 0.315 e. The lowest BCUT2D eigenvalue weighted by Crippen LogP contribution is -2.44. The normalized spacial score (nSPS) is 18.8. The van der Waals surface area contributed by atoms with Crippen molar-refractivity contribution < 1.29 is 23.8 Å². The predicted octanol–water partition coefficient (Wildman–Crippen LogP) is 2.20. The molecule has 1 aromatic rings. The summed E-state index contributed by atoms with van der Waals surface area (Å²) in [6.07, 6.45) is 0.381. The number of hydrogen-bond acceptors (Lipinski definition) is 3. The molecule has 0 aliphatic carbocycles. The second-order valence-electron chi connectivity index (χ2n) is 5.84. The van der Waals surface area contributed by atoms with Crippen LogP contribution in [0.25, 0.3) is 0 Å². The number of fused-ring (bicyclic) bond motifs is 1. The van der Waals surface area contributed by atoms with Gasteiger partial charge >= 0.3 is 12.0 Å². The number of hydrogen-bond donors (Lipinski definition) is 3.